The Bertz CT molecular complexity index is 334. The Morgan fingerprint density at radius 2 is 1.89 bits per heavy atom. The molecule has 2 aliphatic carbocycles. The zero-order valence-corrected chi connectivity index (χ0v) is 12.3. The van der Waals surface area contributed by atoms with Crippen LogP contribution in [0.1, 0.15) is 52.9 Å². The van der Waals surface area contributed by atoms with Gasteiger partial charge < -0.3 is 15.5 Å². The number of aliphatic hydroxyl groups excluding tert-OH is 1. The average Bonchev–Trinajstić information content (AvgIpc) is 2.15. The van der Waals surface area contributed by atoms with E-state index in [4.69, 9.17) is 5.11 Å². The lowest BCUT2D eigenvalue weighted by Crippen LogP contribution is -2.58. The van der Waals surface area contributed by atoms with Crippen LogP contribution in [0.3, 0.4) is 0 Å². The van der Waals surface area contributed by atoms with Crippen LogP contribution in [-0.2, 0) is 4.79 Å². The summed E-state index contributed by atoms with van der Waals surface area (Å²) in [5.41, 5.74) is 0.523. The van der Waals surface area contributed by atoms with Crippen LogP contribution in [0.2, 0.25) is 0 Å². The Kier molecular flexibility index (Phi) is 3.94. The van der Waals surface area contributed by atoms with Crippen molar-refractivity contribution in [1.82, 2.24) is 5.32 Å². The predicted octanol–water partition coefficient (Wildman–Crippen LogP) is 2.02. The smallest absolute Gasteiger partial charge is 0.306 e. The van der Waals surface area contributed by atoms with Gasteiger partial charge in [-0.05, 0) is 42.9 Å². The summed E-state index contributed by atoms with van der Waals surface area (Å²) in [6.07, 6.45) is 4.83. The Labute approximate surface area is 115 Å². The van der Waals surface area contributed by atoms with Gasteiger partial charge in [-0.3, -0.25) is 4.79 Å². The number of hydrogen-bond donors (Lipinski definition) is 3. The van der Waals surface area contributed by atoms with Gasteiger partial charge in [-0.25, -0.2) is 0 Å². The molecule has 0 aromatic carbocycles. The first-order chi connectivity index (χ1) is 8.73. The van der Waals surface area contributed by atoms with Crippen molar-refractivity contribution < 1.29 is 15.0 Å². The number of rotatable bonds is 5. The van der Waals surface area contributed by atoms with Crippen molar-refractivity contribution in [3.8, 4) is 0 Å². The first-order valence-electron chi connectivity index (χ1n) is 7.33. The van der Waals surface area contributed by atoms with Crippen LogP contribution in [0.15, 0.2) is 0 Å². The van der Waals surface area contributed by atoms with Gasteiger partial charge in [0.25, 0.3) is 0 Å². The van der Waals surface area contributed by atoms with E-state index in [1.54, 1.807) is 0 Å². The minimum atomic E-state index is -0.636. The molecular weight excluding hydrogens is 242 g/mol. The van der Waals surface area contributed by atoms with Crippen molar-refractivity contribution in [2.45, 2.75) is 65.0 Å². The van der Waals surface area contributed by atoms with Crippen LogP contribution in [0, 0.1) is 16.7 Å². The van der Waals surface area contributed by atoms with E-state index in [-0.39, 0.29) is 24.0 Å². The van der Waals surface area contributed by atoms with E-state index in [9.17, 15) is 9.90 Å². The minimum absolute atomic E-state index is 0.107. The van der Waals surface area contributed by atoms with Gasteiger partial charge in [0.05, 0.1) is 12.5 Å². The summed E-state index contributed by atoms with van der Waals surface area (Å²) in [6.45, 7) is 6.73. The standard InChI is InChI=1S/C15H27NO3/c1-14(2,3)6-12(9-17)16-11-7-15(8-11)4-10(5-15)13(18)19/h10-12,16-17H,4-9H2,1-3H3,(H,18,19)/t10?,11?,12-,15?/m1/s1. The monoisotopic (exact) mass is 269 g/mol. The van der Waals surface area contributed by atoms with Gasteiger partial charge in [-0.15, -0.1) is 0 Å². The fraction of sp³-hybridized carbons (Fsp3) is 0.933. The van der Waals surface area contributed by atoms with Crippen LogP contribution in [-0.4, -0.2) is 34.9 Å². The highest BCUT2D eigenvalue weighted by atomic mass is 16.4. The van der Waals surface area contributed by atoms with Gasteiger partial charge >= 0.3 is 5.97 Å². The lowest BCUT2D eigenvalue weighted by Gasteiger charge is -2.57. The van der Waals surface area contributed by atoms with Crippen molar-refractivity contribution in [3.63, 3.8) is 0 Å². The van der Waals surface area contributed by atoms with E-state index in [1.807, 2.05) is 0 Å². The van der Waals surface area contributed by atoms with E-state index in [0.29, 0.717) is 11.5 Å². The molecule has 2 rings (SSSR count). The van der Waals surface area contributed by atoms with Crippen molar-refractivity contribution >= 4 is 5.97 Å². The molecule has 2 aliphatic rings. The molecule has 0 heterocycles. The highest BCUT2D eigenvalue weighted by Gasteiger charge is 2.55. The fourth-order valence-corrected chi connectivity index (χ4v) is 3.85. The SMILES string of the molecule is CC(C)(C)C[C@H](CO)NC1CC2(C1)CC(C(=O)O)C2. The molecule has 2 saturated carbocycles. The second kappa shape index (κ2) is 5.06. The molecule has 0 radical (unpaired) electrons. The van der Waals surface area contributed by atoms with Crippen LogP contribution < -0.4 is 5.32 Å². The summed E-state index contributed by atoms with van der Waals surface area (Å²) in [4.78, 5) is 10.8. The zero-order valence-electron chi connectivity index (χ0n) is 12.3. The fourth-order valence-electron chi connectivity index (χ4n) is 3.85. The van der Waals surface area contributed by atoms with E-state index < -0.39 is 5.97 Å². The number of aliphatic hydroxyl groups is 1. The molecular formula is C15H27NO3. The first-order valence-corrected chi connectivity index (χ1v) is 7.33. The molecule has 4 nitrogen and oxygen atoms in total. The highest BCUT2D eigenvalue weighted by Crippen LogP contribution is 2.58. The normalized spacial score (nSPS) is 35.6. The average molecular weight is 269 g/mol. The second-order valence-electron chi connectivity index (χ2n) is 7.86. The molecule has 0 saturated heterocycles. The highest BCUT2D eigenvalue weighted by molar-refractivity contribution is 5.71. The summed E-state index contributed by atoms with van der Waals surface area (Å²) in [5, 5.41) is 21.9. The molecule has 1 spiro atoms. The Hall–Kier alpha value is -0.610. The van der Waals surface area contributed by atoms with Crippen molar-refractivity contribution in [2.24, 2.45) is 16.7 Å². The molecule has 19 heavy (non-hydrogen) atoms. The van der Waals surface area contributed by atoms with Crippen molar-refractivity contribution in [3.05, 3.63) is 0 Å². The Balaban J connectivity index is 1.71. The molecule has 0 bridgehead atoms. The number of carboxylic acids is 1. The van der Waals surface area contributed by atoms with E-state index in [0.717, 1.165) is 32.1 Å². The predicted molar refractivity (Wildman–Crippen MR) is 73.9 cm³/mol. The number of aliphatic carboxylic acids is 1. The lowest BCUT2D eigenvalue weighted by atomic mass is 9.50. The summed E-state index contributed by atoms with van der Waals surface area (Å²) in [6, 6.07) is 0.631. The van der Waals surface area contributed by atoms with Crippen LogP contribution in [0.4, 0.5) is 0 Å². The molecule has 0 aromatic rings. The summed E-state index contributed by atoms with van der Waals surface area (Å²) < 4.78 is 0. The van der Waals surface area contributed by atoms with Gasteiger partial charge in [-0.1, -0.05) is 20.8 Å². The van der Waals surface area contributed by atoms with Gasteiger partial charge in [0.1, 0.15) is 0 Å². The van der Waals surface area contributed by atoms with E-state index >= 15 is 0 Å². The Morgan fingerprint density at radius 1 is 1.32 bits per heavy atom. The topological polar surface area (TPSA) is 69.6 Å². The second-order valence-corrected chi connectivity index (χ2v) is 7.86. The van der Waals surface area contributed by atoms with Crippen LogP contribution in [0.25, 0.3) is 0 Å². The minimum Gasteiger partial charge on any atom is -0.481 e. The van der Waals surface area contributed by atoms with Crippen LogP contribution in [0.5, 0.6) is 0 Å². The summed E-state index contributed by atoms with van der Waals surface area (Å²) in [5.74, 6) is -0.743. The molecule has 2 fully saturated rings. The first kappa shape index (κ1) is 14.8. The quantitative estimate of drug-likeness (QED) is 0.714. The molecule has 110 valence electrons. The van der Waals surface area contributed by atoms with Gasteiger partial charge in [0, 0.05) is 12.1 Å². The Morgan fingerprint density at radius 3 is 2.32 bits per heavy atom. The largest absolute Gasteiger partial charge is 0.481 e. The number of nitrogens with one attached hydrogen (secondary N) is 1. The number of carbonyl (C=O) groups is 1. The zero-order chi connectivity index (χ0) is 14.3. The maximum absolute atomic E-state index is 10.8. The molecule has 0 amide bonds. The number of carboxylic acid groups (broad SMARTS) is 1. The third-order valence-corrected chi connectivity index (χ3v) is 4.62. The maximum atomic E-state index is 10.8. The van der Waals surface area contributed by atoms with Crippen molar-refractivity contribution in [1.29, 1.82) is 0 Å². The molecule has 0 unspecified atom stereocenters. The third kappa shape index (κ3) is 3.48. The third-order valence-electron chi connectivity index (χ3n) is 4.62. The number of hydrogen-bond acceptors (Lipinski definition) is 3. The van der Waals surface area contributed by atoms with Gasteiger partial charge in [0.15, 0.2) is 0 Å². The molecule has 0 aromatic heterocycles. The van der Waals surface area contributed by atoms with Gasteiger partial charge in [0.2, 0.25) is 0 Å². The maximum Gasteiger partial charge on any atom is 0.306 e. The lowest BCUT2D eigenvalue weighted by molar-refractivity contribution is -0.156. The van der Waals surface area contributed by atoms with E-state index in [2.05, 4.69) is 26.1 Å². The molecule has 1 atom stereocenters. The van der Waals surface area contributed by atoms with Crippen molar-refractivity contribution in [2.75, 3.05) is 6.61 Å². The van der Waals surface area contributed by atoms with Gasteiger partial charge in [-0.2, -0.15) is 0 Å². The van der Waals surface area contributed by atoms with E-state index in [1.165, 1.54) is 0 Å². The molecule has 3 N–H and O–H groups in total. The van der Waals surface area contributed by atoms with Crippen LogP contribution >= 0.6 is 0 Å². The molecule has 0 aliphatic heterocycles. The summed E-state index contributed by atoms with van der Waals surface area (Å²) in [7, 11) is 0. The molecule has 4 heteroatoms. The summed E-state index contributed by atoms with van der Waals surface area (Å²) >= 11 is 0.